The summed E-state index contributed by atoms with van der Waals surface area (Å²) in [6, 6.07) is 12.9. The molecule has 12 heteroatoms. The van der Waals surface area contributed by atoms with Gasteiger partial charge in [-0.1, -0.05) is 24.0 Å². The van der Waals surface area contributed by atoms with Crippen molar-refractivity contribution in [3.05, 3.63) is 89.2 Å². The minimum absolute atomic E-state index is 0.119. The monoisotopic (exact) mass is 561 g/mol. The third-order valence-corrected chi connectivity index (χ3v) is 8.13. The zero-order valence-corrected chi connectivity index (χ0v) is 20.9. The average molecular weight is 562 g/mol. The lowest BCUT2D eigenvalue weighted by Crippen LogP contribution is -2.40. The number of benzene rings is 2. The van der Waals surface area contributed by atoms with Crippen LogP contribution in [0.3, 0.4) is 0 Å². The Balaban J connectivity index is 1.47. The second kappa shape index (κ2) is 10.4. The number of fused-ring (bicyclic) bond motifs is 1. The summed E-state index contributed by atoms with van der Waals surface area (Å²) in [5, 5.41) is 4.02. The number of hydrogen-bond acceptors (Lipinski definition) is 4. The normalized spacial score (nSPS) is 14.9. The number of nitrogens with zero attached hydrogens (tertiary/aromatic N) is 3. The second-order valence-electron chi connectivity index (χ2n) is 8.69. The summed E-state index contributed by atoms with van der Waals surface area (Å²) in [5.74, 6) is 5.76. The van der Waals surface area contributed by atoms with Crippen molar-refractivity contribution < 1.29 is 35.1 Å². The molecule has 4 aromatic rings. The van der Waals surface area contributed by atoms with Crippen molar-refractivity contribution in [3.63, 3.8) is 0 Å². The summed E-state index contributed by atoms with van der Waals surface area (Å²) in [5.41, 5.74) is 0.382. The minimum atomic E-state index is -4.52. The van der Waals surface area contributed by atoms with E-state index in [2.05, 4.69) is 16.9 Å². The van der Waals surface area contributed by atoms with Gasteiger partial charge in [0.15, 0.2) is 0 Å². The van der Waals surface area contributed by atoms with Crippen molar-refractivity contribution in [1.29, 1.82) is 0 Å². The Kier molecular flexibility index (Phi) is 7.15. The predicted molar refractivity (Wildman–Crippen MR) is 133 cm³/mol. The molecule has 1 aliphatic heterocycles. The lowest BCUT2D eigenvalue weighted by atomic mass is 10.0. The lowest BCUT2D eigenvalue weighted by molar-refractivity contribution is -0.137. The number of ether oxygens (including phenoxy) is 1. The largest absolute Gasteiger partial charge is 0.416 e. The molecular weight excluding hydrogens is 541 g/mol. The molecule has 0 aliphatic carbocycles. The summed E-state index contributed by atoms with van der Waals surface area (Å²) >= 11 is 0. The van der Waals surface area contributed by atoms with Gasteiger partial charge >= 0.3 is 6.18 Å². The van der Waals surface area contributed by atoms with E-state index in [9.17, 15) is 30.4 Å². The van der Waals surface area contributed by atoms with Crippen LogP contribution in [0.15, 0.2) is 71.8 Å². The van der Waals surface area contributed by atoms with Crippen molar-refractivity contribution >= 4 is 15.5 Å². The zero-order chi connectivity index (χ0) is 27.8. The van der Waals surface area contributed by atoms with E-state index in [4.69, 9.17) is 4.74 Å². The molecule has 202 valence electrons. The predicted octanol–water partition coefficient (Wildman–Crippen LogP) is 5.38. The third-order valence-electron chi connectivity index (χ3n) is 6.22. The van der Waals surface area contributed by atoms with Crippen LogP contribution in [-0.4, -0.2) is 48.6 Å². The minimum Gasteiger partial charge on any atom is -0.379 e. The maximum atomic E-state index is 13.8. The molecule has 39 heavy (non-hydrogen) atoms. The molecule has 2 aromatic carbocycles. The fourth-order valence-electron chi connectivity index (χ4n) is 4.17. The highest BCUT2D eigenvalue weighted by molar-refractivity contribution is 7.89. The highest BCUT2D eigenvalue weighted by Crippen LogP contribution is 2.33. The van der Waals surface area contributed by atoms with Crippen molar-refractivity contribution in [1.82, 2.24) is 13.9 Å². The van der Waals surface area contributed by atoms with E-state index in [0.717, 1.165) is 16.6 Å². The quantitative estimate of drug-likeness (QED) is 0.248. The second-order valence-corrected chi connectivity index (χ2v) is 10.6. The molecular formula is C27H20F5N3O3S. The van der Waals surface area contributed by atoms with Crippen molar-refractivity contribution in [2.24, 2.45) is 0 Å². The molecule has 1 fully saturated rings. The fraction of sp³-hybridized carbons (Fsp3) is 0.222. The molecule has 1 aliphatic rings. The van der Waals surface area contributed by atoms with Crippen LogP contribution in [0, 0.1) is 11.8 Å². The fourth-order valence-corrected chi connectivity index (χ4v) is 5.58. The Morgan fingerprint density at radius 2 is 1.56 bits per heavy atom. The molecule has 0 amide bonds. The van der Waals surface area contributed by atoms with Gasteiger partial charge in [0.2, 0.25) is 10.0 Å². The van der Waals surface area contributed by atoms with E-state index in [1.807, 2.05) is 0 Å². The topological polar surface area (TPSA) is 63.9 Å². The van der Waals surface area contributed by atoms with Crippen molar-refractivity contribution in [3.8, 4) is 23.0 Å². The number of alkyl halides is 5. The van der Waals surface area contributed by atoms with Gasteiger partial charge in [-0.2, -0.15) is 22.6 Å². The van der Waals surface area contributed by atoms with Gasteiger partial charge in [-0.25, -0.2) is 21.7 Å². The first-order valence-corrected chi connectivity index (χ1v) is 13.2. The SMILES string of the molecule is O=S(=O)(c1ccc(C#Cc2cnn3c(C(F)F)cc(-c4ccc(C(F)(F)F)cc4)cc23)cc1)N1CCOCC1. The smallest absolute Gasteiger partial charge is 0.379 e. The number of aromatic nitrogens is 2. The summed E-state index contributed by atoms with van der Waals surface area (Å²) in [7, 11) is -3.66. The number of hydrogen-bond donors (Lipinski definition) is 0. The number of pyridine rings is 1. The molecule has 2 aromatic heterocycles. The number of rotatable bonds is 4. The van der Waals surface area contributed by atoms with E-state index in [-0.39, 0.29) is 29.1 Å². The lowest BCUT2D eigenvalue weighted by Gasteiger charge is -2.26. The van der Waals surface area contributed by atoms with Crippen molar-refractivity contribution in [2.45, 2.75) is 17.5 Å². The van der Waals surface area contributed by atoms with Crippen LogP contribution in [0.4, 0.5) is 22.0 Å². The Labute approximate surface area is 220 Å². The van der Waals surface area contributed by atoms with Gasteiger partial charge in [0.1, 0.15) is 5.69 Å². The summed E-state index contributed by atoms with van der Waals surface area (Å²) in [6.07, 6.45) is -6.10. The number of sulfonamides is 1. The van der Waals surface area contributed by atoms with Crippen molar-refractivity contribution in [2.75, 3.05) is 26.3 Å². The first-order valence-electron chi connectivity index (χ1n) is 11.7. The van der Waals surface area contributed by atoms with Crippen LogP contribution in [-0.2, 0) is 20.9 Å². The summed E-state index contributed by atoms with van der Waals surface area (Å²) < 4.78 is 99.7. The molecule has 3 heterocycles. The van der Waals surface area contributed by atoms with Gasteiger partial charge in [0.05, 0.1) is 40.9 Å². The van der Waals surface area contributed by atoms with E-state index in [1.54, 1.807) is 12.1 Å². The molecule has 0 N–H and O–H groups in total. The molecule has 0 spiro atoms. The Hall–Kier alpha value is -3.79. The maximum absolute atomic E-state index is 13.8. The van der Waals surface area contributed by atoms with E-state index in [0.29, 0.717) is 29.9 Å². The van der Waals surface area contributed by atoms with Crippen LogP contribution < -0.4 is 0 Å². The highest BCUT2D eigenvalue weighted by atomic mass is 32.2. The van der Waals surface area contributed by atoms with E-state index in [1.165, 1.54) is 46.9 Å². The zero-order valence-electron chi connectivity index (χ0n) is 20.1. The summed E-state index contributed by atoms with van der Waals surface area (Å²) in [4.78, 5) is 0.119. The average Bonchev–Trinajstić information content (AvgIpc) is 3.34. The number of halogens is 5. The Morgan fingerprint density at radius 3 is 2.18 bits per heavy atom. The van der Waals surface area contributed by atoms with Crippen LogP contribution in [0.1, 0.15) is 28.8 Å². The molecule has 0 unspecified atom stereocenters. The molecule has 0 bridgehead atoms. The maximum Gasteiger partial charge on any atom is 0.416 e. The van der Waals surface area contributed by atoms with Gasteiger partial charge < -0.3 is 4.74 Å². The molecule has 5 rings (SSSR count). The van der Waals surface area contributed by atoms with Crippen LogP contribution in [0.25, 0.3) is 16.6 Å². The summed E-state index contributed by atoms with van der Waals surface area (Å²) in [6.45, 7) is 1.20. The third kappa shape index (κ3) is 5.52. The standard InChI is InChI=1S/C27H20F5N3O3S/c28-26(29)25-16-21(19-5-7-22(8-6-19)27(30,31)32)15-24-20(17-33-35(24)25)4-1-18-2-9-23(10-3-18)39(36,37)34-11-13-38-14-12-34/h2-3,5-10,15-17,26H,11-14H2. The Morgan fingerprint density at radius 1 is 0.897 bits per heavy atom. The molecule has 6 nitrogen and oxygen atoms in total. The number of morpholine rings is 1. The van der Waals surface area contributed by atoms with Crippen LogP contribution in [0.2, 0.25) is 0 Å². The van der Waals surface area contributed by atoms with Crippen LogP contribution in [0.5, 0.6) is 0 Å². The molecule has 0 radical (unpaired) electrons. The van der Waals surface area contributed by atoms with E-state index >= 15 is 0 Å². The van der Waals surface area contributed by atoms with Gasteiger partial charge in [0, 0.05) is 18.7 Å². The molecule has 0 saturated carbocycles. The van der Waals surface area contributed by atoms with Gasteiger partial charge in [-0.15, -0.1) is 0 Å². The molecule has 1 saturated heterocycles. The highest BCUT2D eigenvalue weighted by Gasteiger charge is 2.30. The van der Waals surface area contributed by atoms with E-state index < -0.39 is 33.9 Å². The Bertz CT molecular complexity index is 1660. The van der Waals surface area contributed by atoms with Gasteiger partial charge in [0.25, 0.3) is 6.43 Å². The van der Waals surface area contributed by atoms with Gasteiger partial charge in [-0.05, 0) is 59.7 Å². The van der Waals surface area contributed by atoms with Gasteiger partial charge in [-0.3, -0.25) is 0 Å². The first-order chi connectivity index (χ1) is 18.5. The van der Waals surface area contributed by atoms with Crippen LogP contribution >= 0.6 is 0 Å². The first kappa shape index (κ1) is 26.8. The molecule has 0 atom stereocenters.